The number of rotatable bonds is 7. The topological polar surface area (TPSA) is 54.9 Å². The van der Waals surface area contributed by atoms with Gasteiger partial charge in [-0.25, -0.2) is 0 Å². The number of nitrogens with zero attached hydrogens (tertiary/aromatic N) is 1. The summed E-state index contributed by atoms with van der Waals surface area (Å²) in [4.78, 5) is 4.54. The van der Waals surface area contributed by atoms with Crippen molar-refractivity contribution in [3.8, 4) is 0 Å². The Kier molecular flexibility index (Phi) is 10.0. The molecule has 0 saturated carbocycles. The highest BCUT2D eigenvalue weighted by Gasteiger charge is 2.15. The molecule has 0 aromatic heterocycles. The minimum absolute atomic E-state index is 0. The minimum atomic E-state index is 0. The maximum absolute atomic E-state index is 5.62. The van der Waals surface area contributed by atoms with Crippen molar-refractivity contribution < 1.29 is 9.47 Å². The lowest BCUT2D eigenvalue weighted by Gasteiger charge is -2.16. The van der Waals surface area contributed by atoms with Crippen molar-refractivity contribution in [2.24, 2.45) is 4.99 Å². The maximum Gasteiger partial charge on any atom is 0.191 e. The van der Waals surface area contributed by atoms with Crippen LogP contribution in [0.1, 0.15) is 32.6 Å². The Morgan fingerprint density at radius 2 is 2.19 bits per heavy atom. The predicted molar refractivity (Wildman–Crippen MR) is 96.5 cm³/mol. The highest BCUT2D eigenvalue weighted by molar-refractivity contribution is 14.0. The van der Waals surface area contributed by atoms with Gasteiger partial charge in [0.15, 0.2) is 5.96 Å². The van der Waals surface area contributed by atoms with Crippen molar-refractivity contribution in [2.75, 3.05) is 32.9 Å². The summed E-state index contributed by atoms with van der Waals surface area (Å²) in [6.45, 7) is 5.88. The van der Waals surface area contributed by atoms with E-state index < -0.39 is 0 Å². The normalized spacial score (nSPS) is 22.3. The summed E-state index contributed by atoms with van der Waals surface area (Å²) in [7, 11) is 0. The van der Waals surface area contributed by atoms with Crippen LogP contribution in [0.5, 0.6) is 0 Å². The van der Waals surface area contributed by atoms with Gasteiger partial charge < -0.3 is 20.1 Å². The molecule has 1 fully saturated rings. The summed E-state index contributed by atoms with van der Waals surface area (Å²) in [6.07, 6.45) is 9.19. The van der Waals surface area contributed by atoms with Gasteiger partial charge in [0.05, 0.1) is 25.9 Å². The molecule has 0 amide bonds. The quantitative estimate of drug-likeness (QED) is 0.222. The Labute approximate surface area is 145 Å². The second kappa shape index (κ2) is 11.3. The molecule has 1 unspecified atom stereocenters. The molecular weight excluding hydrogens is 381 g/mol. The van der Waals surface area contributed by atoms with E-state index in [4.69, 9.17) is 9.47 Å². The molecule has 21 heavy (non-hydrogen) atoms. The first-order valence-electron chi connectivity index (χ1n) is 7.77. The first-order chi connectivity index (χ1) is 9.88. The molecule has 122 valence electrons. The first-order valence-corrected chi connectivity index (χ1v) is 7.77. The molecule has 0 radical (unpaired) electrons. The Morgan fingerprint density at radius 3 is 2.86 bits per heavy atom. The standard InChI is InChI=1S/C15H27N3O2.HI/c1-2-16-15(18-13-6-3-4-7-13)17-9-11-19-12-14-8-5-10-20-14;/h3-4,13-14H,2,5-12H2,1H3,(H2,16,17,18);1H. The monoisotopic (exact) mass is 409 g/mol. The molecule has 1 aliphatic heterocycles. The van der Waals surface area contributed by atoms with Crippen LogP contribution in [0.25, 0.3) is 0 Å². The van der Waals surface area contributed by atoms with E-state index in [9.17, 15) is 0 Å². The van der Waals surface area contributed by atoms with Crippen LogP contribution in [0, 0.1) is 0 Å². The molecule has 1 saturated heterocycles. The lowest BCUT2D eigenvalue weighted by atomic mass is 10.2. The molecule has 0 spiro atoms. The van der Waals surface area contributed by atoms with Gasteiger partial charge >= 0.3 is 0 Å². The molecule has 0 aromatic carbocycles. The van der Waals surface area contributed by atoms with Crippen molar-refractivity contribution >= 4 is 29.9 Å². The fourth-order valence-corrected chi connectivity index (χ4v) is 2.46. The van der Waals surface area contributed by atoms with Crippen LogP contribution in [-0.4, -0.2) is 51.0 Å². The van der Waals surface area contributed by atoms with Gasteiger partial charge in [-0.3, -0.25) is 4.99 Å². The molecule has 0 bridgehead atoms. The summed E-state index contributed by atoms with van der Waals surface area (Å²) in [5.74, 6) is 0.891. The molecule has 1 heterocycles. The Morgan fingerprint density at radius 1 is 1.38 bits per heavy atom. The predicted octanol–water partition coefficient (Wildman–Crippen LogP) is 2.07. The molecule has 0 aromatic rings. The Bertz CT molecular complexity index is 323. The van der Waals surface area contributed by atoms with Gasteiger partial charge in [-0.05, 0) is 32.6 Å². The number of hydrogen-bond acceptors (Lipinski definition) is 3. The molecule has 1 aliphatic carbocycles. The molecule has 2 N–H and O–H groups in total. The van der Waals surface area contributed by atoms with Gasteiger partial charge in [0.2, 0.25) is 0 Å². The third-order valence-corrected chi connectivity index (χ3v) is 3.53. The lowest BCUT2D eigenvalue weighted by Crippen LogP contribution is -2.42. The fraction of sp³-hybridized carbons (Fsp3) is 0.800. The van der Waals surface area contributed by atoms with Gasteiger partial charge in [0, 0.05) is 19.2 Å². The summed E-state index contributed by atoms with van der Waals surface area (Å²) in [5.41, 5.74) is 0. The third kappa shape index (κ3) is 7.46. The number of ether oxygens (including phenoxy) is 2. The minimum Gasteiger partial charge on any atom is -0.377 e. The van der Waals surface area contributed by atoms with E-state index in [-0.39, 0.29) is 24.0 Å². The van der Waals surface area contributed by atoms with Crippen molar-refractivity contribution in [1.29, 1.82) is 0 Å². The van der Waals surface area contributed by atoms with E-state index in [1.165, 1.54) is 0 Å². The number of hydrogen-bond donors (Lipinski definition) is 2. The fourth-order valence-electron chi connectivity index (χ4n) is 2.46. The maximum atomic E-state index is 5.62. The van der Waals surface area contributed by atoms with Crippen LogP contribution < -0.4 is 10.6 Å². The summed E-state index contributed by atoms with van der Waals surface area (Å²) >= 11 is 0. The molecule has 5 nitrogen and oxygen atoms in total. The zero-order valence-electron chi connectivity index (χ0n) is 12.8. The van der Waals surface area contributed by atoms with Gasteiger partial charge in [-0.2, -0.15) is 0 Å². The zero-order valence-corrected chi connectivity index (χ0v) is 15.2. The van der Waals surface area contributed by atoms with Gasteiger partial charge in [-0.15, -0.1) is 24.0 Å². The summed E-state index contributed by atoms with van der Waals surface area (Å²) in [6, 6.07) is 0.487. The van der Waals surface area contributed by atoms with E-state index in [0.29, 0.717) is 31.9 Å². The van der Waals surface area contributed by atoms with Crippen LogP contribution in [0.2, 0.25) is 0 Å². The van der Waals surface area contributed by atoms with Gasteiger partial charge in [0.1, 0.15) is 0 Å². The van der Waals surface area contributed by atoms with E-state index >= 15 is 0 Å². The van der Waals surface area contributed by atoms with Crippen molar-refractivity contribution in [2.45, 2.75) is 44.8 Å². The number of aliphatic imine (C=N–C) groups is 1. The molecule has 2 aliphatic rings. The number of guanidine groups is 1. The second-order valence-electron chi connectivity index (χ2n) is 5.25. The second-order valence-corrected chi connectivity index (χ2v) is 5.25. The van der Waals surface area contributed by atoms with Crippen LogP contribution in [-0.2, 0) is 9.47 Å². The third-order valence-electron chi connectivity index (χ3n) is 3.53. The van der Waals surface area contributed by atoms with Crippen LogP contribution in [0.15, 0.2) is 17.1 Å². The summed E-state index contributed by atoms with van der Waals surface area (Å²) < 4.78 is 11.1. The Balaban J connectivity index is 0.00000220. The average Bonchev–Trinajstić information content (AvgIpc) is 3.11. The number of halogens is 1. The average molecular weight is 409 g/mol. The molecule has 6 heteroatoms. The number of nitrogens with one attached hydrogen (secondary N) is 2. The first kappa shape index (κ1) is 18.7. The van der Waals surface area contributed by atoms with Gasteiger partial charge in [-0.1, -0.05) is 12.2 Å². The highest BCUT2D eigenvalue weighted by Crippen LogP contribution is 2.11. The largest absolute Gasteiger partial charge is 0.377 e. The highest BCUT2D eigenvalue weighted by atomic mass is 127. The van der Waals surface area contributed by atoms with Crippen LogP contribution in [0.3, 0.4) is 0 Å². The SMILES string of the molecule is CCNC(=NCCOCC1CCCO1)NC1CC=CC1.I. The van der Waals surface area contributed by atoms with Crippen molar-refractivity contribution in [3.05, 3.63) is 12.2 Å². The molecule has 1 atom stereocenters. The lowest BCUT2D eigenvalue weighted by molar-refractivity contribution is 0.0200. The summed E-state index contributed by atoms with van der Waals surface area (Å²) in [5, 5.41) is 6.72. The van der Waals surface area contributed by atoms with E-state index in [2.05, 4.69) is 34.7 Å². The van der Waals surface area contributed by atoms with E-state index in [0.717, 1.165) is 44.8 Å². The molecular formula is C15H28IN3O2. The Hall–Kier alpha value is -0.340. The molecule has 2 rings (SSSR count). The van der Waals surface area contributed by atoms with Crippen LogP contribution >= 0.6 is 24.0 Å². The van der Waals surface area contributed by atoms with Gasteiger partial charge in [0.25, 0.3) is 0 Å². The van der Waals surface area contributed by atoms with E-state index in [1.54, 1.807) is 0 Å². The van der Waals surface area contributed by atoms with E-state index in [1.807, 2.05) is 0 Å². The van der Waals surface area contributed by atoms with Crippen molar-refractivity contribution in [1.82, 2.24) is 10.6 Å². The van der Waals surface area contributed by atoms with Crippen molar-refractivity contribution in [3.63, 3.8) is 0 Å². The van der Waals surface area contributed by atoms with Crippen LogP contribution in [0.4, 0.5) is 0 Å². The smallest absolute Gasteiger partial charge is 0.191 e. The zero-order chi connectivity index (χ0) is 14.0.